The third-order valence-corrected chi connectivity index (χ3v) is 4.26. The van der Waals surface area contributed by atoms with Crippen LogP contribution in [0.5, 0.6) is 11.5 Å². The van der Waals surface area contributed by atoms with E-state index in [2.05, 4.69) is 17.6 Å². The fraction of sp³-hybridized carbons (Fsp3) is 0.381. The molecule has 26 heavy (non-hydrogen) atoms. The maximum atomic E-state index is 12.7. The summed E-state index contributed by atoms with van der Waals surface area (Å²) in [6.45, 7) is 3.97. The van der Waals surface area contributed by atoms with E-state index in [1.54, 1.807) is 14.2 Å². The van der Waals surface area contributed by atoms with Crippen LogP contribution in [0.15, 0.2) is 48.5 Å². The lowest BCUT2D eigenvalue weighted by atomic mass is 10.0. The van der Waals surface area contributed by atoms with Gasteiger partial charge in [0.1, 0.15) is 6.04 Å². The van der Waals surface area contributed by atoms with Gasteiger partial charge in [-0.25, -0.2) is 0 Å². The highest BCUT2D eigenvalue weighted by atomic mass is 16.5. The molecule has 5 heteroatoms. The number of nitrogens with one attached hydrogen (secondary N) is 2. The molecule has 0 aliphatic rings. The molecule has 0 radical (unpaired) electrons. The van der Waals surface area contributed by atoms with Crippen molar-refractivity contribution in [2.24, 2.45) is 0 Å². The molecule has 0 aliphatic carbocycles. The number of benzene rings is 2. The maximum Gasteiger partial charge on any atom is 0.242 e. The zero-order valence-corrected chi connectivity index (χ0v) is 15.9. The van der Waals surface area contributed by atoms with Crippen LogP contribution in [0.1, 0.15) is 38.3 Å². The van der Waals surface area contributed by atoms with Gasteiger partial charge in [-0.1, -0.05) is 43.7 Å². The first-order chi connectivity index (χ1) is 12.6. The lowest BCUT2D eigenvalue weighted by Crippen LogP contribution is -2.39. The molecule has 2 rings (SSSR count). The van der Waals surface area contributed by atoms with E-state index in [4.69, 9.17) is 9.47 Å². The number of amides is 1. The molecule has 0 saturated carbocycles. The summed E-state index contributed by atoms with van der Waals surface area (Å²) in [7, 11) is 3.19. The Kier molecular flexibility index (Phi) is 7.33. The van der Waals surface area contributed by atoms with Gasteiger partial charge in [-0.3, -0.25) is 4.79 Å². The quantitative estimate of drug-likeness (QED) is 0.708. The molecule has 0 saturated heterocycles. The fourth-order valence-corrected chi connectivity index (χ4v) is 2.83. The Balaban J connectivity index is 2.04. The van der Waals surface area contributed by atoms with Crippen molar-refractivity contribution in [1.29, 1.82) is 0 Å². The molecule has 0 aromatic heterocycles. The average molecular weight is 356 g/mol. The van der Waals surface area contributed by atoms with Gasteiger partial charge in [0.2, 0.25) is 5.91 Å². The monoisotopic (exact) mass is 356 g/mol. The molecular weight excluding hydrogens is 328 g/mol. The Morgan fingerprint density at radius 3 is 2.35 bits per heavy atom. The van der Waals surface area contributed by atoms with Crippen molar-refractivity contribution in [2.75, 3.05) is 19.5 Å². The number of ether oxygens (including phenoxy) is 2. The van der Waals surface area contributed by atoms with Crippen molar-refractivity contribution in [1.82, 2.24) is 5.32 Å². The van der Waals surface area contributed by atoms with E-state index in [1.165, 1.54) is 0 Å². The molecule has 2 N–H and O–H groups in total. The van der Waals surface area contributed by atoms with E-state index in [9.17, 15) is 4.79 Å². The van der Waals surface area contributed by atoms with Crippen LogP contribution < -0.4 is 20.1 Å². The van der Waals surface area contributed by atoms with Gasteiger partial charge in [0.15, 0.2) is 11.5 Å². The lowest BCUT2D eigenvalue weighted by Gasteiger charge is -2.22. The number of hydrogen-bond acceptors (Lipinski definition) is 4. The predicted octanol–water partition coefficient (Wildman–Crippen LogP) is 4.16. The fourth-order valence-electron chi connectivity index (χ4n) is 2.83. The molecule has 0 heterocycles. The van der Waals surface area contributed by atoms with Crippen molar-refractivity contribution in [3.8, 4) is 11.5 Å². The second-order valence-corrected chi connectivity index (χ2v) is 6.20. The zero-order valence-electron chi connectivity index (χ0n) is 15.9. The molecule has 0 bridgehead atoms. The Morgan fingerprint density at radius 1 is 1.04 bits per heavy atom. The lowest BCUT2D eigenvalue weighted by molar-refractivity contribution is -0.122. The van der Waals surface area contributed by atoms with Crippen LogP contribution in [0, 0.1) is 0 Å². The van der Waals surface area contributed by atoms with Crippen LogP contribution in [-0.4, -0.2) is 26.2 Å². The topological polar surface area (TPSA) is 59.6 Å². The number of carbonyl (C=O) groups is 1. The van der Waals surface area contributed by atoms with E-state index in [1.807, 2.05) is 55.5 Å². The Hall–Kier alpha value is -2.69. The zero-order chi connectivity index (χ0) is 18.9. The molecule has 2 aromatic rings. The first kappa shape index (κ1) is 19.6. The molecule has 2 aromatic carbocycles. The second kappa shape index (κ2) is 9.70. The van der Waals surface area contributed by atoms with Crippen molar-refractivity contribution < 1.29 is 14.3 Å². The van der Waals surface area contributed by atoms with Crippen LogP contribution >= 0.6 is 0 Å². The number of rotatable bonds is 9. The highest BCUT2D eigenvalue weighted by Crippen LogP contribution is 2.30. The van der Waals surface area contributed by atoms with Gasteiger partial charge in [0.25, 0.3) is 0 Å². The number of carbonyl (C=O) groups excluding carboxylic acids is 1. The summed E-state index contributed by atoms with van der Waals surface area (Å²) in [5.74, 6) is 1.24. The molecule has 1 amide bonds. The summed E-state index contributed by atoms with van der Waals surface area (Å²) >= 11 is 0. The van der Waals surface area contributed by atoms with Crippen LogP contribution in [0.3, 0.4) is 0 Å². The molecule has 2 unspecified atom stereocenters. The molecule has 5 nitrogen and oxygen atoms in total. The first-order valence-corrected chi connectivity index (χ1v) is 8.92. The summed E-state index contributed by atoms with van der Waals surface area (Å²) in [6.07, 6.45) is 1.90. The molecule has 2 atom stereocenters. The third-order valence-electron chi connectivity index (χ3n) is 4.26. The number of methoxy groups -OCH3 is 2. The second-order valence-electron chi connectivity index (χ2n) is 6.20. The van der Waals surface area contributed by atoms with Gasteiger partial charge in [-0.15, -0.1) is 0 Å². The first-order valence-electron chi connectivity index (χ1n) is 8.92. The van der Waals surface area contributed by atoms with Gasteiger partial charge in [0.05, 0.1) is 20.3 Å². The van der Waals surface area contributed by atoms with E-state index in [-0.39, 0.29) is 18.0 Å². The van der Waals surface area contributed by atoms with Crippen molar-refractivity contribution >= 4 is 11.6 Å². The largest absolute Gasteiger partial charge is 0.493 e. The highest BCUT2D eigenvalue weighted by molar-refractivity contribution is 5.84. The van der Waals surface area contributed by atoms with Crippen LogP contribution in [0.25, 0.3) is 0 Å². The van der Waals surface area contributed by atoms with Gasteiger partial charge < -0.3 is 20.1 Å². The smallest absolute Gasteiger partial charge is 0.242 e. The van der Waals surface area contributed by atoms with Gasteiger partial charge in [-0.2, -0.15) is 0 Å². The van der Waals surface area contributed by atoms with Crippen LogP contribution in [0.2, 0.25) is 0 Å². The van der Waals surface area contributed by atoms with E-state index in [0.717, 1.165) is 24.1 Å². The Morgan fingerprint density at radius 2 is 1.73 bits per heavy atom. The number of hydrogen-bond donors (Lipinski definition) is 2. The maximum absolute atomic E-state index is 12.7. The van der Waals surface area contributed by atoms with E-state index < -0.39 is 0 Å². The van der Waals surface area contributed by atoms with Gasteiger partial charge in [0, 0.05) is 11.8 Å². The Bertz CT molecular complexity index is 704. The van der Waals surface area contributed by atoms with Crippen molar-refractivity contribution in [2.45, 2.75) is 38.8 Å². The summed E-state index contributed by atoms with van der Waals surface area (Å²) < 4.78 is 10.5. The normalized spacial score (nSPS) is 12.8. The minimum Gasteiger partial charge on any atom is -0.493 e. The third kappa shape index (κ3) is 5.15. The minimum absolute atomic E-state index is 0.0170. The summed E-state index contributed by atoms with van der Waals surface area (Å²) in [4.78, 5) is 12.7. The summed E-state index contributed by atoms with van der Waals surface area (Å²) in [6, 6.07) is 15.2. The summed E-state index contributed by atoms with van der Waals surface area (Å²) in [5, 5.41) is 6.37. The van der Waals surface area contributed by atoms with Gasteiger partial charge >= 0.3 is 0 Å². The molecule has 0 aliphatic heterocycles. The molecule has 140 valence electrons. The number of anilines is 1. The molecule has 0 fully saturated rings. The van der Waals surface area contributed by atoms with Crippen molar-refractivity contribution in [3.05, 3.63) is 54.1 Å². The average Bonchev–Trinajstić information content (AvgIpc) is 2.68. The van der Waals surface area contributed by atoms with Gasteiger partial charge in [-0.05, 0) is 31.0 Å². The van der Waals surface area contributed by atoms with Crippen LogP contribution in [-0.2, 0) is 4.79 Å². The van der Waals surface area contributed by atoms with E-state index in [0.29, 0.717) is 11.5 Å². The molecule has 0 spiro atoms. The van der Waals surface area contributed by atoms with Crippen molar-refractivity contribution in [3.63, 3.8) is 0 Å². The molecular formula is C21H28N2O3. The minimum atomic E-state index is -0.379. The predicted molar refractivity (Wildman–Crippen MR) is 105 cm³/mol. The SMILES string of the molecule is CCCC(NC(=O)C(C)Nc1ccc(OC)c(OC)c1)c1ccccc1. The van der Waals surface area contributed by atoms with Crippen LogP contribution in [0.4, 0.5) is 5.69 Å². The standard InChI is InChI=1S/C21H28N2O3/c1-5-9-18(16-10-7-6-8-11-16)23-21(24)15(2)22-17-12-13-19(25-3)20(14-17)26-4/h6-8,10-15,18,22H,5,9H2,1-4H3,(H,23,24). The van der Waals surface area contributed by atoms with E-state index >= 15 is 0 Å². The summed E-state index contributed by atoms with van der Waals surface area (Å²) in [5.41, 5.74) is 1.93. The highest BCUT2D eigenvalue weighted by Gasteiger charge is 2.19. The Labute approximate surface area is 155 Å².